The number of alkyl halides is 3. The van der Waals surface area contributed by atoms with E-state index in [1.807, 2.05) is 16.9 Å². The Hall–Kier alpha value is -3.95. The van der Waals surface area contributed by atoms with E-state index in [0.29, 0.717) is 17.1 Å². The van der Waals surface area contributed by atoms with Crippen LogP contribution in [0.2, 0.25) is 0 Å². The Bertz CT molecular complexity index is 1180. The lowest BCUT2D eigenvalue weighted by molar-refractivity contribution is -0.137. The molecule has 1 aromatic carbocycles. The molecule has 0 spiro atoms. The van der Waals surface area contributed by atoms with E-state index in [0.717, 1.165) is 43.5 Å². The maximum Gasteiger partial charge on any atom is 0.416 e. The minimum Gasteiger partial charge on any atom is -0.457 e. The van der Waals surface area contributed by atoms with E-state index in [1.54, 1.807) is 30.7 Å². The van der Waals surface area contributed by atoms with Crippen molar-refractivity contribution in [3.8, 4) is 6.01 Å². The number of aromatic nitrogens is 5. The first-order valence-corrected chi connectivity index (χ1v) is 10.7. The zero-order chi connectivity index (χ0) is 23.8. The number of aryl methyl sites for hydroxylation is 2. The van der Waals surface area contributed by atoms with Gasteiger partial charge < -0.3 is 9.15 Å². The van der Waals surface area contributed by atoms with Gasteiger partial charge in [0.05, 0.1) is 5.56 Å². The molecule has 0 atom stereocenters. The molecule has 0 aliphatic rings. The molecule has 0 saturated carbocycles. The van der Waals surface area contributed by atoms with Crippen molar-refractivity contribution in [2.24, 2.45) is 0 Å². The van der Waals surface area contributed by atoms with E-state index in [-0.39, 0.29) is 12.6 Å². The first-order valence-electron chi connectivity index (χ1n) is 10.7. The van der Waals surface area contributed by atoms with Gasteiger partial charge in [-0.05, 0) is 54.7 Å². The van der Waals surface area contributed by atoms with E-state index >= 15 is 0 Å². The van der Waals surface area contributed by atoms with Crippen LogP contribution in [0.25, 0.3) is 12.2 Å². The highest BCUT2D eigenvalue weighted by Crippen LogP contribution is 2.29. The van der Waals surface area contributed by atoms with Gasteiger partial charge in [0.2, 0.25) is 5.89 Å². The van der Waals surface area contributed by atoms with Crippen LogP contribution in [0.1, 0.15) is 41.1 Å². The third-order valence-electron chi connectivity index (χ3n) is 4.92. The fraction of sp³-hybridized carbons (Fsp3) is 0.250. The van der Waals surface area contributed by atoms with E-state index in [4.69, 9.17) is 9.15 Å². The highest BCUT2D eigenvalue weighted by Gasteiger charge is 2.29. The highest BCUT2D eigenvalue weighted by atomic mass is 19.4. The number of hydrogen-bond acceptors (Lipinski definition) is 6. The van der Waals surface area contributed by atoms with Crippen molar-refractivity contribution in [3.63, 3.8) is 0 Å². The van der Waals surface area contributed by atoms with Crippen LogP contribution in [0.3, 0.4) is 0 Å². The minimum atomic E-state index is -4.36. The first kappa shape index (κ1) is 23.2. The molecule has 0 aliphatic heterocycles. The number of benzene rings is 1. The lowest BCUT2D eigenvalue weighted by Crippen LogP contribution is -2.03. The van der Waals surface area contributed by atoms with Crippen LogP contribution in [0.4, 0.5) is 13.2 Å². The summed E-state index contributed by atoms with van der Waals surface area (Å²) >= 11 is 0. The Balaban J connectivity index is 1.21. The summed E-state index contributed by atoms with van der Waals surface area (Å²) in [6.07, 6.45) is 10.4. The fourth-order valence-corrected chi connectivity index (χ4v) is 3.14. The minimum absolute atomic E-state index is 0.126. The van der Waals surface area contributed by atoms with Gasteiger partial charge in [-0.3, -0.25) is 4.68 Å². The van der Waals surface area contributed by atoms with E-state index in [9.17, 15) is 13.2 Å². The van der Waals surface area contributed by atoms with Gasteiger partial charge in [0, 0.05) is 37.4 Å². The predicted molar refractivity (Wildman–Crippen MR) is 118 cm³/mol. The number of ether oxygens (including phenoxy) is 1. The van der Waals surface area contributed by atoms with E-state index in [1.165, 1.54) is 18.4 Å². The summed E-state index contributed by atoms with van der Waals surface area (Å²) in [5, 5.41) is 4.18. The highest BCUT2D eigenvalue weighted by molar-refractivity contribution is 5.66. The number of unbranched alkanes of at least 4 members (excludes halogenated alkanes) is 1. The molecule has 4 aromatic rings. The van der Waals surface area contributed by atoms with Gasteiger partial charge in [0.1, 0.15) is 18.6 Å². The molecule has 0 saturated heterocycles. The molecule has 0 bridgehead atoms. The number of hydrogen-bond donors (Lipinski definition) is 0. The second-order valence-corrected chi connectivity index (χ2v) is 7.52. The average Bonchev–Trinajstić information content (AvgIpc) is 3.52. The van der Waals surface area contributed by atoms with Crippen molar-refractivity contribution in [1.82, 2.24) is 24.7 Å². The first-order chi connectivity index (χ1) is 16.5. The van der Waals surface area contributed by atoms with Crippen molar-refractivity contribution in [2.45, 2.75) is 38.6 Å². The number of halogens is 3. The molecule has 0 N–H and O–H groups in total. The lowest BCUT2D eigenvalue weighted by atomic mass is 10.1. The molecule has 0 amide bonds. The third-order valence-corrected chi connectivity index (χ3v) is 4.92. The summed E-state index contributed by atoms with van der Waals surface area (Å²) in [4.78, 5) is 12.7. The number of nitrogens with zero attached hydrogens (tertiary/aromatic N) is 5. The molecule has 3 heterocycles. The van der Waals surface area contributed by atoms with Crippen LogP contribution in [0.5, 0.6) is 6.01 Å². The van der Waals surface area contributed by atoms with Gasteiger partial charge in [0.15, 0.2) is 0 Å². The summed E-state index contributed by atoms with van der Waals surface area (Å²) in [7, 11) is 0. The zero-order valence-electron chi connectivity index (χ0n) is 18.2. The molecule has 0 aliphatic carbocycles. The molecule has 10 heteroatoms. The van der Waals surface area contributed by atoms with Gasteiger partial charge in [-0.2, -0.15) is 18.3 Å². The fourth-order valence-electron chi connectivity index (χ4n) is 3.14. The molecule has 4 rings (SSSR count). The Labute approximate surface area is 194 Å². The van der Waals surface area contributed by atoms with Gasteiger partial charge in [-0.15, -0.1) is 0 Å². The van der Waals surface area contributed by atoms with Crippen molar-refractivity contribution in [1.29, 1.82) is 0 Å². The number of oxazole rings is 1. The van der Waals surface area contributed by atoms with Crippen molar-refractivity contribution in [3.05, 3.63) is 89.7 Å². The molecule has 3 aromatic heterocycles. The van der Waals surface area contributed by atoms with Crippen LogP contribution in [-0.4, -0.2) is 24.7 Å². The lowest BCUT2D eigenvalue weighted by Gasteiger charge is -2.05. The zero-order valence-corrected chi connectivity index (χ0v) is 18.2. The van der Waals surface area contributed by atoms with Gasteiger partial charge in [-0.1, -0.05) is 12.1 Å². The predicted octanol–water partition coefficient (Wildman–Crippen LogP) is 5.45. The van der Waals surface area contributed by atoms with Crippen LogP contribution >= 0.6 is 0 Å². The van der Waals surface area contributed by atoms with Crippen LogP contribution in [0.15, 0.2) is 65.8 Å². The smallest absolute Gasteiger partial charge is 0.416 e. The molecule has 7 nitrogen and oxygen atoms in total. The number of rotatable bonds is 10. The van der Waals surface area contributed by atoms with Crippen molar-refractivity contribution < 1.29 is 22.3 Å². The molecule has 0 unspecified atom stereocenters. The molecule has 0 fully saturated rings. The molecular weight excluding hydrogens is 447 g/mol. The summed E-state index contributed by atoms with van der Waals surface area (Å²) < 4.78 is 50.7. The molecule has 176 valence electrons. The van der Waals surface area contributed by atoms with Crippen LogP contribution in [0, 0.1) is 0 Å². The summed E-state index contributed by atoms with van der Waals surface area (Å²) in [5.74, 6) is 0.310. The largest absolute Gasteiger partial charge is 0.457 e. The second-order valence-electron chi connectivity index (χ2n) is 7.52. The standard InChI is InChI=1S/C24H22F3N5O2/c25-24(26,27)20-8-5-18(6-9-20)7-10-22-31-21(16-33-22)17-34-23-28-14-19(15-29-23)4-1-2-12-32-13-3-11-30-32/h3,5-11,13-16H,1-2,4,12,17H2/b10-7+. The van der Waals surface area contributed by atoms with Gasteiger partial charge in [-0.25, -0.2) is 15.0 Å². The molecule has 0 radical (unpaired) electrons. The quantitative estimate of drug-likeness (QED) is 0.287. The van der Waals surface area contributed by atoms with Gasteiger partial charge >= 0.3 is 12.2 Å². The normalized spacial score (nSPS) is 11.9. The Morgan fingerprint density at radius 2 is 1.82 bits per heavy atom. The maximum absolute atomic E-state index is 12.6. The summed E-state index contributed by atoms with van der Waals surface area (Å²) in [6.45, 7) is 1.01. The second kappa shape index (κ2) is 10.8. The average molecular weight is 469 g/mol. The Kier molecular flexibility index (Phi) is 7.36. The van der Waals surface area contributed by atoms with Gasteiger partial charge in [0.25, 0.3) is 0 Å². The van der Waals surface area contributed by atoms with E-state index in [2.05, 4.69) is 20.1 Å². The third kappa shape index (κ3) is 6.77. The SMILES string of the molecule is FC(F)(F)c1ccc(/C=C/c2nc(COc3ncc(CCCCn4cccn4)cn3)co2)cc1. The molecular formula is C24H22F3N5O2. The Morgan fingerprint density at radius 3 is 2.53 bits per heavy atom. The topological polar surface area (TPSA) is 78.9 Å². The monoisotopic (exact) mass is 469 g/mol. The molecule has 34 heavy (non-hydrogen) atoms. The van der Waals surface area contributed by atoms with Crippen LogP contribution in [-0.2, 0) is 25.7 Å². The van der Waals surface area contributed by atoms with Crippen LogP contribution < -0.4 is 4.74 Å². The van der Waals surface area contributed by atoms with Crippen molar-refractivity contribution >= 4 is 12.2 Å². The maximum atomic E-state index is 12.6. The van der Waals surface area contributed by atoms with E-state index < -0.39 is 11.7 Å². The van der Waals surface area contributed by atoms with Crippen molar-refractivity contribution in [2.75, 3.05) is 0 Å². The summed E-state index contributed by atoms with van der Waals surface area (Å²) in [5.41, 5.74) is 1.48. The summed E-state index contributed by atoms with van der Waals surface area (Å²) in [6, 6.07) is 6.97. The Morgan fingerprint density at radius 1 is 1.03 bits per heavy atom.